The van der Waals surface area contributed by atoms with Gasteiger partial charge in [-0.25, -0.2) is 5.43 Å². The van der Waals surface area contributed by atoms with Gasteiger partial charge in [0.25, 0.3) is 5.69 Å². The van der Waals surface area contributed by atoms with Crippen molar-refractivity contribution in [2.75, 3.05) is 5.32 Å². The Balaban J connectivity index is 1.95. The maximum absolute atomic E-state index is 11.7. The molecule has 0 aliphatic heterocycles. The first-order chi connectivity index (χ1) is 11.5. The van der Waals surface area contributed by atoms with E-state index in [2.05, 4.69) is 31.8 Å². The summed E-state index contributed by atoms with van der Waals surface area (Å²) in [7, 11) is 0. The number of rotatable bonds is 4. The number of hydrogen-bond donors (Lipinski definition) is 2. The molecule has 0 aliphatic rings. The Labute approximate surface area is 144 Å². The number of carbonyl (C=O) groups excluding carboxylic acids is 2. The van der Waals surface area contributed by atoms with E-state index in [1.807, 2.05) is 0 Å². The molecule has 0 atom stereocenters. The number of nitrogens with one attached hydrogen (secondary N) is 2. The molecule has 8 nitrogen and oxygen atoms in total. The normalized spacial score (nSPS) is 10.4. The van der Waals surface area contributed by atoms with Crippen LogP contribution in [0.25, 0.3) is 0 Å². The summed E-state index contributed by atoms with van der Waals surface area (Å²) < 4.78 is 0.631. The highest BCUT2D eigenvalue weighted by molar-refractivity contribution is 9.10. The number of para-hydroxylation sites is 1. The van der Waals surface area contributed by atoms with Gasteiger partial charge in [0.05, 0.1) is 16.8 Å². The minimum Gasteiger partial charge on any atom is -0.317 e. The molecule has 0 bridgehead atoms. The number of amides is 2. The zero-order valence-corrected chi connectivity index (χ0v) is 13.7. The fraction of sp³-hybridized carbons (Fsp3) is 0. The molecule has 122 valence electrons. The predicted octanol–water partition coefficient (Wildman–Crippen LogP) is 2.45. The number of halogens is 1. The molecule has 0 fully saturated rings. The van der Waals surface area contributed by atoms with Crippen LogP contribution in [0.2, 0.25) is 0 Å². The van der Waals surface area contributed by atoms with Gasteiger partial charge in [0.2, 0.25) is 0 Å². The van der Waals surface area contributed by atoms with Gasteiger partial charge >= 0.3 is 11.8 Å². The highest BCUT2D eigenvalue weighted by atomic mass is 79.9. The van der Waals surface area contributed by atoms with Crippen molar-refractivity contribution in [2.45, 2.75) is 0 Å². The highest BCUT2D eigenvalue weighted by Crippen LogP contribution is 2.20. The largest absolute Gasteiger partial charge is 0.329 e. The lowest BCUT2D eigenvalue weighted by molar-refractivity contribution is -0.384. The molecule has 2 amide bonds. The fourth-order valence-corrected chi connectivity index (χ4v) is 2.06. The number of nitro benzene ring substituents is 1. The van der Waals surface area contributed by atoms with Gasteiger partial charge in [-0.3, -0.25) is 19.7 Å². The maximum Gasteiger partial charge on any atom is 0.329 e. The molecular formula is C15H11BrN4O4. The third-order valence-corrected chi connectivity index (χ3v) is 3.48. The van der Waals surface area contributed by atoms with Crippen molar-refractivity contribution in [1.29, 1.82) is 0 Å². The predicted molar refractivity (Wildman–Crippen MR) is 91.6 cm³/mol. The first-order valence-corrected chi connectivity index (χ1v) is 7.40. The van der Waals surface area contributed by atoms with Gasteiger partial charge in [0.1, 0.15) is 0 Å². The van der Waals surface area contributed by atoms with Crippen LogP contribution in [0.1, 0.15) is 5.56 Å². The first kappa shape index (κ1) is 17.3. The number of nitrogens with zero attached hydrogens (tertiary/aromatic N) is 2. The summed E-state index contributed by atoms with van der Waals surface area (Å²) in [5, 5.41) is 16.7. The lowest BCUT2D eigenvalue weighted by atomic mass is 10.2. The molecule has 0 aromatic heterocycles. The SMILES string of the molecule is O=C(N/N=C\c1cccc([N+](=O)[O-])c1)C(=O)Nc1ccccc1Br. The smallest absolute Gasteiger partial charge is 0.317 e. The zero-order valence-electron chi connectivity index (χ0n) is 12.1. The third kappa shape index (κ3) is 4.71. The van der Waals surface area contributed by atoms with Crippen LogP contribution in [0, 0.1) is 10.1 Å². The molecule has 2 N–H and O–H groups in total. The van der Waals surface area contributed by atoms with Crippen molar-refractivity contribution in [2.24, 2.45) is 5.10 Å². The van der Waals surface area contributed by atoms with Gasteiger partial charge < -0.3 is 5.32 Å². The molecule has 0 saturated heterocycles. The highest BCUT2D eigenvalue weighted by Gasteiger charge is 2.14. The van der Waals surface area contributed by atoms with E-state index in [1.54, 1.807) is 30.3 Å². The molecule has 0 spiro atoms. The van der Waals surface area contributed by atoms with Crippen molar-refractivity contribution in [1.82, 2.24) is 5.43 Å². The van der Waals surface area contributed by atoms with E-state index in [0.29, 0.717) is 15.7 Å². The van der Waals surface area contributed by atoms with Crippen LogP contribution in [0.5, 0.6) is 0 Å². The number of hydrazone groups is 1. The van der Waals surface area contributed by atoms with Gasteiger partial charge in [-0.15, -0.1) is 0 Å². The van der Waals surface area contributed by atoms with Crippen LogP contribution >= 0.6 is 15.9 Å². The summed E-state index contributed by atoms with van der Waals surface area (Å²) in [6.07, 6.45) is 1.20. The van der Waals surface area contributed by atoms with E-state index < -0.39 is 16.7 Å². The molecule has 0 saturated carbocycles. The molecule has 24 heavy (non-hydrogen) atoms. The number of nitro groups is 1. The van der Waals surface area contributed by atoms with E-state index in [0.717, 1.165) is 0 Å². The standard InChI is InChI=1S/C15H11BrN4O4/c16-12-6-1-2-7-13(12)18-14(21)15(22)19-17-9-10-4-3-5-11(8-10)20(23)24/h1-9H,(H,18,21)(H,19,22)/b17-9-. The second-order valence-electron chi connectivity index (χ2n) is 4.49. The van der Waals surface area contributed by atoms with Crippen molar-refractivity contribution in [3.8, 4) is 0 Å². The monoisotopic (exact) mass is 390 g/mol. The lowest BCUT2D eigenvalue weighted by Gasteiger charge is -2.05. The van der Waals surface area contributed by atoms with Crippen molar-refractivity contribution < 1.29 is 14.5 Å². The van der Waals surface area contributed by atoms with Gasteiger partial charge in [-0.1, -0.05) is 24.3 Å². The van der Waals surface area contributed by atoms with Gasteiger partial charge in [-0.2, -0.15) is 5.10 Å². The van der Waals surface area contributed by atoms with Crippen LogP contribution in [0.15, 0.2) is 58.1 Å². The molecule has 2 rings (SSSR count). The minimum absolute atomic E-state index is 0.100. The Bertz CT molecular complexity index is 823. The zero-order chi connectivity index (χ0) is 17.5. The summed E-state index contributed by atoms with van der Waals surface area (Å²) >= 11 is 3.24. The van der Waals surface area contributed by atoms with E-state index in [-0.39, 0.29) is 5.69 Å². The van der Waals surface area contributed by atoms with E-state index in [4.69, 9.17) is 0 Å². The molecule has 2 aromatic rings. The maximum atomic E-state index is 11.7. The second kappa shape index (κ2) is 7.97. The van der Waals surface area contributed by atoms with Crippen molar-refractivity contribution in [3.05, 3.63) is 68.7 Å². The third-order valence-electron chi connectivity index (χ3n) is 2.79. The summed E-state index contributed by atoms with van der Waals surface area (Å²) in [5.41, 5.74) is 2.81. The van der Waals surface area contributed by atoms with E-state index in [1.165, 1.54) is 24.4 Å². The van der Waals surface area contributed by atoms with Crippen LogP contribution in [0.4, 0.5) is 11.4 Å². The average Bonchev–Trinajstić information content (AvgIpc) is 2.57. The molecule has 0 aliphatic carbocycles. The van der Waals surface area contributed by atoms with Crippen molar-refractivity contribution in [3.63, 3.8) is 0 Å². The van der Waals surface area contributed by atoms with E-state index in [9.17, 15) is 19.7 Å². The number of anilines is 1. The van der Waals surface area contributed by atoms with Gasteiger partial charge in [0, 0.05) is 22.2 Å². The molecular weight excluding hydrogens is 380 g/mol. The summed E-state index contributed by atoms with van der Waals surface area (Å²) in [6, 6.07) is 12.5. The Morgan fingerprint density at radius 2 is 1.88 bits per heavy atom. The molecule has 0 radical (unpaired) electrons. The lowest BCUT2D eigenvalue weighted by Crippen LogP contribution is -2.32. The van der Waals surface area contributed by atoms with Crippen LogP contribution in [-0.2, 0) is 9.59 Å². The Hall–Kier alpha value is -3.07. The number of non-ortho nitro benzene ring substituents is 1. The minimum atomic E-state index is -0.965. The number of benzene rings is 2. The summed E-state index contributed by atoms with van der Waals surface area (Å²) in [6.45, 7) is 0. The Kier molecular flexibility index (Phi) is 5.74. The molecule has 0 heterocycles. The molecule has 9 heteroatoms. The van der Waals surface area contributed by atoms with Gasteiger partial charge in [-0.05, 0) is 28.1 Å². The van der Waals surface area contributed by atoms with Crippen molar-refractivity contribution >= 4 is 45.3 Å². The second-order valence-corrected chi connectivity index (χ2v) is 5.34. The summed E-state index contributed by atoms with van der Waals surface area (Å²) in [4.78, 5) is 33.5. The molecule has 0 unspecified atom stereocenters. The molecule has 2 aromatic carbocycles. The number of hydrogen-bond acceptors (Lipinski definition) is 5. The van der Waals surface area contributed by atoms with E-state index >= 15 is 0 Å². The Morgan fingerprint density at radius 1 is 1.12 bits per heavy atom. The Morgan fingerprint density at radius 3 is 2.58 bits per heavy atom. The van der Waals surface area contributed by atoms with Crippen LogP contribution in [0.3, 0.4) is 0 Å². The summed E-state index contributed by atoms with van der Waals surface area (Å²) in [5.74, 6) is -1.86. The topological polar surface area (TPSA) is 114 Å². The van der Waals surface area contributed by atoms with Crippen LogP contribution in [-0.4, -0.2) is 23.0 Å². The number of carbonyl (C=O) groups is 2. The quantitative estimate of drug-likeness (QED) is 0.361. The average molecular weight is 391 g/mol. The first-order valence-electron chi connectivity index (χ1n) is 6.61. The van der Waals surface area contributed by atoms with Crippen LogP contribution < -0.4 is 10.7 Å². The fourth-order valence-electron chi connectivity index (χ4n) is 1.68. The van der Waals surface area contributed by atoms with Gasteiger partial charge in [0.15, 0.2) is 0 Å².